The Labute approximate surface area is 181 Å². The summed E-state index contributed by atoms with van der Waals surface area (Å²) in [6.45, 7) is 0. The van der Waals surface area contributed by atoms with Gasteiger partial charge in [-0.25, -0.2) is 24.7 Å². The number of benzene rings is 4. The number of phenolic OH excluding ortho intramolecular Hbond substituents is 1. The smallest absolute Gasteiger partial charge is 0.349 e. The molecule has 6 aromatic rings. The van der Waals surface area contributed by atoms with Crippen molar-refractivity contribution in [1.82, 2.24) is 19.9 Å². The van der Waals surface area contributed by atoms with E-state index in [-0.39, 0.29) is 22.6 Å². The molecule has 32 heavy (non-hydrogen) atoms. The number of aromatic hydroxyl groups is 1. The van der Waals surface area contributed by atoms with Gasteiger partial charge in [-0.05, 0) is 48.5 Å². The predicted molar refractivity (Wildman–Crippen MR) is 121 cm³/mol. The van der Waals surface area contributed by atoms with Crippen molar-refractivity contribution < 1.29 is 14.6 Å². The molecule has 7 heteroatoms. The first kappa shape index (κ1) is 18.1. The molecule has 0 amide bonds. The molecule has 0 radical (unpaired) electrons. The van der Waals surface area contributed by atoms with E-state index >= 15 is 0 Å². The lowest BCUT2D eigenvalue weighted by Gasteiger charge is -2.11. The molecule has 1 N–H and O–H groups in total. The summed E-state index contributed by atoms with van der Waals surface area (Å²) in [5, 5.41) is 10.5. The van der Waals surface area contributed by atoms with Crippen LogP contribution in [0.25, 0.3) is 44.1 Å². The molecule has 0 aliphatic heterocycles. The summed E-state index contributed by atoms with van der Waals surface area (Å²) < 4.78 is 5.69. The molecule has 4 aromatic carbocycles. The molecule has 0 aliphatic carbocycles. The van der Waals surface area contributed by atoms with Crippen molar-refractivity contribution in [2.24, 2.45) is 0 Å². The maximum absolute atomic E-state index is 13.2. The van der Waals surface area contributed by atoms with Crippen molar-refractivity contribution in [3.05, 3.63) is 84.4 Å². The fourth-order valence-electron chi connectivity index (χ4n) is 3.73. The molecule has 0 saturated heterocycles. The maximum atomic E-state index is 13.2. The van der Waals surface area contributed by atoms with E-state index in [1.165, 1.54) is 6.07 Å². The third-order valence-electron chi connectivity index (χ3n) is 5.23. The highest BCUT2D eigenvalue weighted by molar-refractivity contribution is 6.07. The predicted octanol–water partition coefficient (Wildman–Crippen LogP) is 4.80. The number of carbonyl (C=O) groups excluding carboxylic acids is 1. The first-order valence-corrected chi connectivity index (χ1v) is 9.93. The van der Waals surface area contributed by atoms with Gasteiger partial charge in [0.05, 0.1) is 33.1 Å². The molecule has 0 atom stereocenters. The number of fused-ring (bicyclic) bond motifs is 4. The number of para-hydroxylation sites is 5. The standard InChI is InChI=1S/C25H14N4O3/c30-20-13-12-19-24(29-17-9-4-2-7-15(17)27-19)22(20)25(31)32-21-11-5-10-18-23(21)28-16-8-3-1-6-14(16)26-18/h1-13,30H. The molecule has 0 spiro atoms. The molecule has 0 unspecified atom stereocenters. The highest BCUT2D eigenvalue weighted by Crippen LogP contribution is 2.30. The zero-order valence-electron chi connectivity index (χ0n) is 16.6. The quantitative estimate of drug-likeness (QED) is 0.245. The molecule has 0 saturated carbocycles. The number of rotatable bonds is 2. The molecule has 7 nitrogen and oxygen atoms in total. The van der Waals surface area contributed by atoms with E-state index in [4.69, 9.17) is 4.74 Å². The highest BCUT2D eigenvalue weighted by atomic mass is 16.5. The minimum atomic E-state index is -0.750. The molecule has 2 heterocycles. The van der Waals surface area contributed by atoms with Crippen LogP contribution in [0.5, 0.6) is 11.5 Å². The van der Waals surface area contributed by atoms with Gasteiger partial charge < -0.3 is 9.84 Å². The van der Waals surface area contributed by atoms with Gasteiger partial charge in [-0.15, -0.1) is 0 Å². The largest absolute Gasteiger partial charge is 0.507 e. The van der Waals surface area contributed by atoms with Gasteiger partial charge in [-0.1, -0.05) is 30.3 Å². The first-order valence-electron chi connectivity index (χ1n) is 9.93. The third kappa shape index (κ3) is 2.87. The SMILES string of the molecule is O=C(Oc1cccc2nc3ccccc3nc12)c1c(O)ccc2nc3ccccc3nc12. The Morgan fingerprint density at radius 2 is 1.12 bits per heavy atom. The molecule has 0 fully saturated rings. The summed E-state index contributed by atoms with van der Waals surface area (Å²) in [6.07, 6.45) is 0. The van der Waals surface area contributed by atoms with E-state index in [9.17, 15) is 9.90 Å². The number of phenols is 1. The lowest BCUT2D eigenvalue weighted by atomic mass is 10.1. The third-order valence-corrected chi connectivity index (χ3v) is 5.23. The van der Waals surface area contributed by atoms with E-state index in [0.29, 0.717) is 33.1 Å². The highest BCUT2D eigenvalue weighted by Gasteiger charge is 2.21. The number of hydrogen-bond donors (Lipinski definition) is 1. The van der Waals surface area contributed by atoms with Gasteiger partial charge >= 0.3 is 5.97 Å². The van der Waals surface area contributed by atoms with Crippen molar-refractivity contribution in [2.45, 2.75) is 0 Å². The Morgan fingerprint density at radius 1 is 0.594 bits per heavy atom. The first-order chi connectivity index (χ1) is 15.7. The molecule has 0 bridgehead atoms. The molecule has 2 aromatic heterocycles. The lowest BCUT2D eigenvalue weighted by molar-refractivity contribution is 0.0735. The topological polar surface area (TPSA) is 98.1 Å². The van der Waals surface area contributed by atoms with Crippen LogP contribution in [0.1, 0.15) is 10.4 Å². The van der Waals surface area contributed by atoms with Crippen LogP contribution >= 0.6 is 0 Å². The van der Waals surface area contributed by atoms with Crippen LogP contribution in [0.3, 0.4) is 0 Å². The fraction of sp³-hybridized carbons (Fsp3) is 0. The summed E-state index contributed by atoms with van der Waals surface area (Å²) in [5.41, 5.74) is 4.50. The van der Waals surface area contributed by atoms with Crippen molar-refractivity contribution in [3.63, 3.8) is 0 Å². The van der Waals surface area contributed by atoms with Gasteiger partial charge in [0, 0.05) is 0 Å². The van der Waals surface area contributed by atoms with Crippen LogP contribution in [0.15, 0.2) is 78.9 Å². The van der Waals surface area contributed by atoms with Crippen molar-refractivity contribution >= 4 is 50.1 Å². The van der Waals surface area contributed by atoms with Gasteiger partial charge in [0.2, 0.25) is 0 Å². The van der Waals surface area contributed by atoms with Crippen molar-refractivity contribution in [3.8, 4) is 11.5 Å². The van der Waals surface area contributed by atoms with Crippen LogP contribution < -0.4 is 4.74 Å². The van der Waals surface area contributed by atoms with Gasteiger partial charge in [0.25, 0.3) is 0 Å². The Bertz CT molecular complexity index is 1700. The van der Waals surface area contributed by atoms with Crippen LogP contribution in [0.4, 0.5) is 0 Å². The Morgan fingerprint density at radius 3 is 1.78 bits per heavy atom. The summed E-state index contributed by atoms with van der Waals surface area (Å²) in [4.78, 5) is 31.5. The Kier molecular flexibility index (Phi) is 3.94. The van der Waals surface area contributed by atoms with Crippen molar-refractivity contribution in [1.29, 1.82) is 0 Å². The molecule has 6 rings (SSSR count). The number of esters is 1. The zero-order valence-corrected chi connectivity index (χ0v) is 16.6. The molecular formula is C25H14N4O3. The van der Waals surface area contributed by atoms with Crippen LogP contribution in [-0.2, 0) is 0 Å². The van der Waals surface area contributed by atoms with Crippen LogP contribution in [-0.4, -0.2) is 31.0 Å². The number of nitrogens with zero attached hydrogens (tertiary/aromatic N) is 4. The van der Waals surface area contributed by atoms with Gasteiger partial charge in [0.1, 0.15) is 22.3 Å². The lowest BCUT2D eigenvalue weighted by Crippen LogP contribution is -2.11. The second-order valence-electron chi connectivity index (χ2n) is 7.27. The average molecular weight is 418 g/mol. The fourth-order valence-corrected chi connectivity index (χ4v) is 3.73. The monoisotopic (exact) mass is 418 g/mol. The normalized spacial score (nSPS) is 11.4. The van der Waals surface area contributed by atoms with Gasteiger partial charge in [-0.2, -0.15) is 0 Å². The second kappa shape index (κ2) is 6.95. The van der Waals surface area contributed by atoms with Crippen molar-refractivity contribution in [2.75, 3.05) is 0 Å². The van der Waals surface area contributed by atoms with Gasteiger partial charge in [-0.3, -0.25) is 0 Å². The average Bonchev–Trinajstić information content (AvgIpc) is 2.81. The van der Waals surface area contributed by atoms with E-state index in [0.717, 1.165) is 5.52 Å². The molecular weight excluding hydrogens is 404 g/mol. The van der Waals surface area contributed by atoms with E-state index in [1.807, 2.05) is 42.5 Å². The minimum Gasteiger partial charge on any atom is -0.507 e. The number of carbonyl (C=O) groups is 1. The number of ether oxygens (including phenoxy) is 1. The maximum Gasteiger partial charge on any atom is 0.349 e. The summed E-state index contributed by atoms with van der Waals surface area (Å²) in [7, 11) is 0. The van der Waals surface area contributed by atoms with Gasteiger partial charge in [0.15, 0.2) is 5.75 Å². The number of hydrogen-bond acceptors (Lipinski definition) is 7. The zero-order chi connectivity index (χ0) is 21.7. The molecule has 152 valence electrons. The van der Waals surface area contributed by atoms with E-state index < -0.39 is 5.97 Å². The summed E-state index contributed by atoms with van der Waals surface area (Å²) in [5.74, 6) is -0.736. The van der Waals surface area contributed by atoms with Crippen LogP contribution in [0.2, 0.25) is 0 Å². The molecule has 0 aliphatic rings. The number of aromatic nitrogens is 4. The Balaban J connectivity index is 1.50. The minimum absolute atomic E-state index is 0.0495. The summed E-state index contributed by atoms with van der Waals surface area (Å²) in [6, 6.07) is 23.0. The Hall–Kier alpha value is -4.65. The second-order valence-corrected chi connectivity index (χ2v) is 7.27. The van der Waals surface area contributed by atoms with E-state index in [2.05, 4.69) is 19.9 Å². The van der Waals surface area contributed by atoms with E-state index in [1.54, 1.807) is 30.3 Å². The summed E-state index contributed by atoms with van der Waals surface area (Å²) >= 11 is 0. The van der Waals surface area contributed by atoms with Crippen LogP contribution in [0, 0.1) is 0 Å².